The number of carbonyl (C=O) groups is 1. The van der Waals surface area contributed by atoms with Crippen LogP contribution in [0.25, 0.3) is 0 Å². The number of hydrazine groups is 1. The quantitative estimate of drug-likeness (QED) is 0.700. The number of hydrogen-bond acceptors (Lipinski definition) is 5. The lowest BCUT2D eigenvalue weighted by Crippen LogP contribution is -2.35. The third kappa shape index (κ3) is 4.69. The molecule has 3 N–H and O–H groups in total. The van der Waals surface area contributed by atoms with Gasteiger partial charge in [0.15, 0.2) is 6.61 Å². The van der Waals surface area contributed by atoms with E-state index in [4.69, 9.17) is 9.84 Å². The van der Waals surface area contributed by atoms with Crippen molar-refractivity contribution in [3.05, 3.63) is 29.8 Å². The third-order valence-electron chi connectivity index (χ3n) is 4.08. The second-order valence-electron chi connectivity index (χ2n) is 6.05. The van der Waals surface area contributed by atoms with Gasteiger partial charge in [0.1, 0.15) is 5.75 Å². The minimum Gasteiger partial charge on any atom is -0.482 e. The molecule has 122 valence electrons. The number of nitrogens with one attached hydrogen (secondary N) is 2. The summed E-state index contributed by atoms with van der Waals surface area (Å²) in [5.41, 5.74) is 7.74. The molecular formula is C16H25N3O3. The van der Waals surface area contributed by atoms with Gasteiger partial charge in [0.25, 0.3) is 0 Å². The predicted octanol–water partition coefficient (Wildman–Crippen LogP) is 1.08. The van der Waals surface area contributed by atoms with Crippen LogP contribution in [0.5, 0.6) is 5.75 Å². The Morgan fingerprint density at radius 3 is 2.36 bits per heavy atom. The minimum atomic E-state index is -0.967. The fraction of sp³-hybridized carbons (Fsp3) is 0.562. The molecule has 0 amide bonds. The molecule has 1 aliphatic heterocycles. The molecule has 1 heterocycles. The van der Waals surface area contributed by atoms with Crippen LogP contribution in [0.4, 0.5) is 0 Å². The van der Waals surface area contributed by atoms with Crippen LogP contribution >= 0.6 is 0 Å². The molecule has 1 aromatic rings. The van der Waals surface area contributed by atoms with Crippen molar-refractivity contribution in [1.82, 2.24) is 15.8 Å². The first kappa shape index (κ1) is 16.7. The summed E-state index contributed by atoms with van der Waals surface area (Å²) < 4.78 is 5.13. The molecule has 1 aliphatic rings. The molecule has 2 unspecified atom stereocenters. The van der Waals surface area contributed by atoms with Crippen LogP contribution in [-0.2, 0) is 11.3 Å². The number of carboxylic acid groups (broad SMARTS) is 1. The molecule has 22 heavy (non-hydrogen) atoms. The maximum Gasteiger partial charge on any atom is 0.341 e. The fourth-order valence-corrected chi connectivity index (χ4v) is 2.80. The molecule has 2 rings (SSSR count). The Hall–Kier alpha value is -1.63. The van der Waals surface area contributed by atoms with Gasteiger partial charge in [-0.1, -0.05) is 12.1 Å². The SMILES string of the molecule is CC1NNC(C)C1CN(C)Cc1ccc(OCC(=O)O)cc1. The van der Waals surface area contributed by atoms with Crippen LogP contribution in [0.2, 0.25) is 0 Å². The monoisotopic (exact) mass is 307 g/mol. The number of carboxylic acids is 1. The summed E-state index contributed by atoms with van der Waals surface area (Å²) in [5.74, 6) is 0.189. The lowest BCUT2D eigenvalue weighted by atomic mass is 9.96. The zero-order valence-electron chi connectivity index (χ0n) is 13.4. The molecule has 0 aromatic heterocycles. The van der Waals surface area contributed by atoms with Gasteiger partial charge in [-0.05, 0) is 38.6 Å². The van der Waals surface area contributed by atoms with Crippen molar-refractivity contribution in [3.8, 4) is 5.75 Å². The highest BCUT2D eigenvalue weighted by Crippen LogP contribution is 2.18. The average molecular weight is 307 g/mol. The molecular weight excluding hydrogens is 282 g/mol. The largest absolute Gasteiger partial charge is 0.482 e. The molecule has 6 nitrogen and oxygen atoms in total. The topological polar surface area (TPSA) is 73.8 Å². The van der Waals surface area contributed by atoms with Crippen molar-refractivity contribution in [2.45, 2.75) is 32.5 Å². The van der Waals surface area contributed by atoms with Crippen molar-refractivity contribution in [3.63, 3.8) is 0 Å². The zero-order valence-corrected chi connectivity index (χ0v) is 13.4. The number of benzene rings is 1. The van der Waals surface area contributed by atoms with E-state index in [-0.39, 0.29) is 6.61 Å². The van der Waals surface area contributed by atoms with Gasteiger partial charge in [0.2, 0.25) is 0 Å². The van der Waals surface area contributed by atoms with Gasteiger partial charge in [-0.3, -0.25) is 10.9 Å². The molecule has 2 atom stereocenters. The Bertz CT molecular complexity index is 482. The second kappa shape index (κ2) is 7.58. The van der Waals surface area contributed by atoms with Gasteiger partial charge >= 0.3 is 5.97 Å². The van der Waals surface area contributed by atoms with E-state index in [0.717, 1.165) is 13.1 Å². The fourth-order valence-electron chi connectivity index (χ4n) is 2.80. The maximum absolute atomic E-state index is 10.5. The summed E-state index contributed by atoms with van der Waals surface area (Å²) in [6, 6.07) is 8.51. The summed E-state index contributed by atoms with van der Waals surface area (Å²) in [7, 11) is 2.12. The van der Waals surface area contributed by atoms with Crippen molar-refractivity contribution >= 4 is 5.97 Å². The number of aliphatic carboxylic acids is 1. The lowest BCUT2D eigenvalue weighted by Gasteiger charge is -2.25. The average Bonchev–Trinajstić information content (AvgIpc) is 2.78. The standard InChI is InChI=1S/C16H25N3O3/c1-11-15(12(2)18-17-11)9-19(3)8-13-4-6-14(7-5-13)22-10-16(20)21/h4-7,11-12,15,17-18H,8-10H2,1-3H3,(H,20,21). The first-order valence-electron chi connectivity index (χ1n) is 7.59. The van der Waals surface area contributed by atoms with Crippen LogP contribution in [0, 0.1) is 5.92 Å². The normalized spacial score (nSPS) is 24.6. The van der Waals surface area contributed by atoms with Gasteiger partial charge < -0.3 is 14.7 Å². The highest BCUT2D eigenvalue weighted by atomic mass is 16.5. The minimum absolute atomic E-state index is 0.309. The highest BCUT2D eigenvalue weighted by Gasteiger charge is 2.30. The molecule has 1 fully saturated rings. The molecule has 0 radical (unpaired) electrons. The maximum atomic E-state index is 10.5. The summed E-state index contributed by atoms with van der Waals surface area (Å²) >= 11 is 0. The van der Waals surface area contributed by atoms with E-state index >= 15 is 0 Å². The smallest absolute Gasteiger partial charge is 0.341 e. The number of ether oxygens (including phenoxy) is 1. The summed E-state index contributed by atoms with van der Waals surface area (Å²) in [4.78, 5) is 12.8. The van der Waals surface area contributed by atoms with E-state index < -0.39 is 5.97 Å². The van der Waals surface area contributed by atoms with Crippen molar-refractivity contribution < 1.29 is 14.6 Å². The van der Waals surface area contributed by atoms with E-state index in [1.165, 1.54) is 5.56 Å². The van der Waals surface area contributed by atoms with Crippen LogP contribution in [0.15, 0.2) is 24.3 Å². The number of nitrogens with zero attached hydrogens (tertiary/aromatic N) is 1. The molecule has 0 aliphatic carbocycles. The van der Waals surface area contributed by atoms with Crippen LogP contribution in [0.3, 0.4) is 0 Å². The Labute approximate surface area is 131 Å². The van der Waals surface area contributed by atoms with Crippen LogP contribution < -0.4 is 15.6 Å². The molecule has 6 heteroatoms. The third-order valence-corrected chi connectivity index (χ3v) is 4.08. The molecule has 0 bridgehead atoms. The zero-order chi connectivity index (χ0) is 16.1. The number of rotatable bonds is 7. The van der Waals surface area contributed by atoms with E-state index in [1.807, 2.05) is 24.3 Å². The van der Waals surface area contributed by atoms with Crippen molar-refractivity contribution in [2.24, 2.45) is 5.92 Å². The van der Waals surface area contributed by atoms with Gasteiger partial charge in [0.05, 0.1) is 0 Å². The van der Waals surface area contributed by atoms with Crippen molar-refractivity contribution in [1.29, 1.82) is 0 Å². The Morgan fingerprint density at radius 2 is 1.82 bits per heavy atom. The van der Waals surface area contributed by atoms with Crippen LogP contribution in [0.1, 0.15) is 19.4 Å². The van der Waals surface area contributed by atoms with Crippen LogP contribution in [-0.4, -0.2) is 48.3 Å². The van der Waals surface area contributed by atoms with Gasteiger partial charge in [-0.15, -0.1) is 0 Å². The first-order chi connectivity index (χ1) is 10.5. The Kier molecular flexibility index (Phi) is 5.76. The first-order valence-corrected chi connectivity index (χ1v) is 7.59. The van der Waals surface area contributed by atoms with Gasteiger partial charge in [-0.2, -0.15) is 0 Å². The Balaban J connectivity index is 1.83. The molecule has 1 aromatic carbocycles. The number of hydrogen-bond donors (Lipinski definition) is 3. The highest BCUT2D eigenvalue weighted by molar-refractivity contribution is 5.68. The predicted molar refractivity (Wildman–Crippen MR) is 84.6 cm³/mol. The van der Waals surface area contributed by atoms with Gasteiger partial charge in [-0.25, -0.2) is 4.79 Å². The summed E-state index contributed by atoms with van der Waals surface area (Å²) in [6.45, 7) is 5.96. The molecule has 0 spiro atoms. The second-order valence-corrected chi connectivity index (χ2v) is 6.05. The van der Waals surface area contributed by atoms with E-state index in [1.54, 1.807) is 0 Å². The van der Waals surface area contributed by atoms with E-state index in [2.05, 4.69) is 36.6 Å². The van der Waals surface area contributed by atoms with Crippen molar-refractivity contribution in [2.75, 3.05) is 20.2 Å². The summed E-state index contributed by atoms with van der Waals surface area (Å²) in [6.07, 6.45) is 0. The van der Waals surface area contributed by atoms with Gasteiger partial charge in [0, 0.05) is 31.1 Å². The van der Waals surface area contributed by atoms with E-state index in [0.29, 0.717) is 23.8 Å². The van der Waals surface area contributed by atoms with E-state index in [9.17, 15) is 4.79 Å². The Morgan fingerprint density at radius 1 is 1.23 bits per heavy atom. The molecule has 0 saturated carbocycles. The lowest BCUT2D eigenvalue weighted by molar-refractivity contribution is -0.139. The summed E-state index contributed by atoms with van der Waals surface area (Å²) in [5, 5.41) is 8.58. The molecule has 1 saturated heterocycles.